The van der Waals surface area contributed by atoms with Crippen LogP contribution in [0.25, 0.3) is 11.1 Å². The Kier molecular flexibility index (Phi) is 5.05. The lowest BCUT2D eigenvalue weighted by Crippen LogP contribution is -1.99. The predicted molar refractivity (Wildman–Crippen MR) is 90.3 cm³/mol. The van der Waals surface area contributed by atoms with E-state index in [1.54, 1.807) is 25.1 Å². The Balaban J connectivity index is 2.59. The van der Waals surface area contributed by atoms with Crippen LogP contribution in [0.3, 0.4) is 0 Å². The Hall–Kier alpha value is -1.07. The molecule has 20 heavy (non-hydrogen) atoms. The van der Waals surface area contributed by atoms with Crippen LogP contribution in [-0.4, -0.2) is 5.71 Å². The first-order valence-corrected chi connectivity index (χ1v) is 9.91. The minimum Gasteiger partial charge on any atom is -0.358 e. The molecule has 2 nitrogen and oxygen atoms in total. The summed E-state index contributed by atoms with van der Waals surface area (Å²) in [5, 5.41) is 10.9. The van der Waals surface area contributed by atoms with Gasteiger partial charge in [0.05, 0.1) is 5.56 Å². The first-order valence-electron chi connectivity index (χ1n) is 5.80. The highest BCUT2D eigenvalue weighted by atomic mass is 127. The van der Waals surface area contributed by atoms with E-state index < -0.39 is 11.6 Å². The van der Waals surface area contributed by atoms with Crippen molar-refractivity contribution in [3.05, 3.63) is 53.6 Å². The summed E-state index contributed by atoms with van der Waals surface area (Å²) in [6.07, 6.45) is 0.458. The molecule has 0 fully saturated rings. The van der Waals surface area contributed by atoms with Crippen molar-refractivity contribution in [3.63, 3.8) is 0 Å². The summed E-state index contributed by atoms with van der Waals surface area (Å²) in [6.45, 7) is 1.65. The van der Waals surface area contributed by atoms with Crippen LogP contribution in [-0.2, 0) is 0 Å². The minimum absolute atomic E-state index is 0.0570. The molecule has 0 saturated heterocycles. The molecular weight excluding hydrogens is 392 g/mol. The number of nitrogens with one attached hydrogen (secondary N) is 2. The molecule has 0 amide bonds. The van der Waals surface area contributed by atoms with Crippen molar-refractivity contribution < 1.29 is 8.78 Å². The van der Waals surface area contributed by atoms with E-state index >= 15 is 0 Å². The number of rotatable bonds is 4. The lowest BCUT2D eigenvalue weighted by molar-refractivity contribution is 0.589. The van der Waals surface area contributed by atoms with Crippen molar-refractivity contribution in [3.8, 4) is 11.1 Å². The Morgan fingerprint density at radius 1 is 1.20 bits per heavy atom. The highest BCUT2D eigenvalue weighted by molar-refractivity contribution is 14.2. The van der Waals surface area contributed by atoms with E-state index in [0.29, 0.717) is 23.2 Å². The van der Waals surface area contributed by atoms with Crippen LogP contribution in [0.15, 0.2) is 36.4 Å². The summed E-state index contributed by atoms with van der Waals surface area (Å²) >= 11 is 2.19. The van der Waals surface area contributed by atoms with Crippen LogP contribution in [0.5, 0.6) is 0 Å². The number of benzene rings is 2. The largest absolute Gasteiger partial charge is 0.358 e. The Bertz CT molecular complexity index is 641. The van der Waals surface area contributed by atoms with Gasteiger partial charge < -0.3 is 10.5 Å². The van der Waals surface area contributed by atoms with Crippen LogP contribution in [0.1, 0.15) is 12.5 Å². The highest BCUT2D eigenvalue weighted by Crippen LogP contribution is 2.32. The normalized spacial score (nSPS) is 11.0. The summed E-state index contributed by atoms with van der Waals surface area (Å²) in [6, 6.07) is 8.85. The zero-order valence-corrected chi connectivity index (χ0v) is 13.8. The average Bonchev–Trinajstić information content (AvgIpc) is 2.40. The van der Waals surface area contributed by atoms with Gasteiger partial charge in [-0.25, -0.2) is 8.78 Å². The summed E-state index contributed by atoms with van der Waals surface area (Å²) < 4.78 is 27.6. The van der Waals surface area contributed by atoms with Gasteiger partial charge in [-0.2, -0.15) is 0 Å². The molecule has 2 N–H and O–H groups in total. The van der Waals surface area contributed by atoms with Crippen LogP contribution in [0.2, 0.25) is 0 Å². The molecule has 2 aromatic carbocycles. The molecule has 1 unspecified atom stereocenters. The molecule has 0 aliphatic carbocycles. The van der Waals surface area contributed by atoms with Gasteiger partial charge in [0.1, 0.15) is 11.6 Å². The minimum atomic E-state index is -0.602. The third kappa shape index (κ3) is 3.15. The molecule has 0 aliphatic rings. The zero-order chi connectivity index (χ0) is 14.7. The standard InChI is InChI=1S/C14H12F2IN2P/c1-8(18)10-7-9(5-6-13(10)19-20-17)14-11(15)3-2-4-12(14)16/h2-7,18-20H,1H3. The molecular formula is C14H12F2IN2P. The molecule has 1 atom stereocenters. The lowest BCUT2D eigenvalue weighted by Gasteiger charge is -2.12. The third-order valence-corrected chi connectivity index (χ3v) is 4.03. The van der Waals surface area contributed by atoms with Crippen LogP contribution in [0.4, 0.5) is 14.5 Å². The van der Waals surface area contributed by atoms with Gasteiger partial charge in [0.15, 0.2) is 0 Å². The second-order valence-corrected chi connectivity index (χ2v) is 6.26. The molecule has 0 aliphatic heterocycles. The van der Waals surface area contributed by atoms with Crippen LogP contribution >= 0.6 is 28.4 Å². The fourth-order valence-electron chi connectivity index (χ4n) is 1.94. The summed E-state index contributed by atoms with van der Waals surface area (Å²) in [4.78, 5) is 0. The van der Waals surface area contributed by atoms with Gasteiger partial charge in [-0.15, -0.1) is 0 Å². The molecule has 0 aromatic heterocycles. The Morgan fingerprint density at radius 3 is 2.40 bits per heavy atom. The molecule has 0 radical (unpaired) electrons. The molecule has 0 heterocycles. The zero-order valence-electron chi connectivity index (χ0n) is 10.6. The van der Waals surface area contributed by atoms with Gasteiger partial charge in [-0.05, 0) is 58.8 Å². The van der Waals surface area contributed by atoms with Crippen LogP contribution in [0, 0.1) is 17.0 Å². The summed E-state index contributed by atoms with van der Waals surface area (Å²) in [5.41, 5.74) is 2.17. The number of anilines is 1. The van der Waals surface area contributed by atoms with Gasteiger partial charge in [-0.1, -0.05) is 12.1 Å². The second-order valence-electron chi connectivity index (χ2n) is 4.20. The van der Waals surface area contributed by atoms with Crippen molar-refractivity contribution in [2.75, 3.05) is 5.09 Å². The van der Waals surface area contributed by atoms with Gasteiger partial charge in [0.2, 0.25) is 0 Å². The lowest BCUT2D eigenvalue weighted by atomic mass is 9.99. The SMILES string of the molecule is CC(=N)c1cc(-c2c(F)cccc2F)ccc1NPI. The monoisotopic (exact) mass is 404 g/mol. The van der Waals surface area contributed by atoms with Gasteiger partial charge in [-0.3, -0.25) is 0 Å². The fourth-order valence-corrected chi connectivity index (χ4v) is 3.13. The summed E-state index contributed by atoms with van der Waals surface area (Å²) in [7, 11) is 0. The maximum atomic E-state index is 13.8. The summed E-state index contributed by atoms with van der Waals surface area (Å²) in [5.74, 6) is -1.20. The molecule has 6 heteroatoms. The maximum absolute atomic E-state index is 13.8. The van der Waals surface area contributed by atoms with E-state index in [1.807, 2.05) is 0 Å². The second kappa shape index (κ2) is 6.59. The van der Waals surface area contributed by atoms with Crippen molar-refractivity contribution in [1.82, 2.24) is 0 Å². The number of hydrogen-bond acceptors (Lipinski definition) is 2. The number of hydrogen-bond donors (Lipinski definition) is 2. The van der Waals surface area contributed by atoms with Gasteiger partial charge in [0.25, 0.3) is 0 Å². The van der Waals surface area contributed by atoms with E-state index in [1.165, 1.54) is 18.2 Å². The van der Waals surface area contributed by atoms with E-state index in [9.17, 15) is 8.78 Å². The predicted octanol–water partition coefficient (Wildman–Crippen LogP) is 5.37. The van der Waals surface area contributed by atoms with Crippen molar-refractivity contribution in [2.24, 2.45) is 0 Å². The van der Waals surface area contributed by atoms with E-state index in [4.69, 9.17) is 5.41 Å². The molecule has 2 rings (SSSR count). The Morgan fingerprint density at radius 2 is 1.85 bits per heavy atom. The van der Waals surface area contributed by atoms with Crippen molar-refractivity contribution >= 4 is 39.8 Å². The van der Waals surface area contributed by atoms with Crippen LogP contribution < -0.4 is 5.09 Å². The van der Waals surface area contributed by atoms with Gasteiger partial charge in [0, 0.05) is 23.3 Å². The van der Waals surface area contributed by atoms with E-state index in [0.717, 1.165) is 5.69 Å². The third-order valence-electron chi connectivity index (χ3n) is 2.86. The molecule has 0 spiro atoms. The van der Waals surface area contributed by atoms with E-state index in [-0.39, 0.29) is 5.56 Å². The first-order chi connectivity index (χ1) is 9.54. The fraction of sp³-hybridized carbons (Fsp3) is 0.0714. The smallest absolute Gasteiger partial charge is 0.133 e. The quantitative estimate of drug-likeness (QED) is 0.401. The first kappa shape index (κ1) is 15.3. The molecule has 104 valence electrons. The number of halogens is 3. The average molecular weight is 404 g/mol. The molecule has 2 aromatic rings. The van der Waals surface area contributed by atoms with Gasteiger partial charge >= 0.3 is 0 Å². The van der Waals surface area contributed by atoms with E-state index in [2.05, 4.69) is 27.1 Å². The molecule has 0 bridgehead atoms. The topological polar surface area (TPSA) is 35.9 Å². The Labute approximate surface area is 130 Å². The maximum Gasteiger partial charge on any atom is 0.133 e. The van der Waals surface area contributed by atoms with Crippen molar-refractivity contribution in [2.45, 2.75) is 6.92 Å². The molecule has 0 saturated carbocycles. The highest BCUT2D eigenvalue weighted by Gasteiger charge is 2.13. The van der Waals surface area contributed by atoms with Crippen molar-refractivity contribution in [1.29, 1.82) is 5.41 Å².